The molecule has 1 aliphatic rings. The van der Waals surface area contributed by atoms with Gasteiger partial charge in [-0.1, -0.05) is 61.1 Å². The zero-order valence-corrected chi connectivity index (χ0v) is 16.1. The standard InChI is InChI=1S/C23H28O3/c1-5-6-19(23(24)20-10-7-17(2)8-11-20)12-9-18(3)26-22-15-13-21(25-4)14-16-22/h6-15,18,22H,5,16H2,1-4H3/b12-9-,19-6+. The van der Waals surface area contributed by atoms with E-state index in [1.54, 1.807) is 7.11 Å². The summed E-state index contributed by atoms with van der Waals surface area (Å²) in [7, 11) is 1.66. The third kappa shape index (κ3) is 5.85. The molecule has 3 heteroatoms. The predicted molar refractivity (Wildman–Crippen MR) is 106 cm³/mol. The minimum Gasteiger partial charge on any atom is -0.497 e. The molecule has 0 aromatic heterocycles. The number of hydrogen-bond acceptors (Lipinski definition) is 3. The molecule has 0 aliphatic heterocycles. The van der Waals surface area contributed by atoms with Crippen LogP contribution in [0.4, 0.5) is 0 Å². The van der Waals surface area contributed by atoms with Crippen LogP contribution in [0.1, 0.15) is 42.6 Å². The maximum absolute atomic E-state index is 12.7. The van der Waals surface area contributed by atoms with Crippen molar-refractivity contribution in [2.75, 3.05) is 7.11 Å². The van der Waals surface area contributed by atoms with Crippen molar-refractivity contribution in [2.45, 2.75) is 45.8 Å². The van der Waals surface area contributed by atoms with Gasteiger partial charge in [0.05, 0.1) is 19.3 Å². The van der Waals surface area contributed by atoms with Gasteiger partial charge in [-0.25, -0.2) is 0 Å². The number of methoxy groups -OCH3 is 1. The number of benzene rings is 1. The second-order valence-electron chi connectivity index (χ2n) is 6.41. The summed E-state index contributed by atoms with van der Waals surface area (Å²) >= 11 is 0. The van der Waals surface area contributed by atoms with Crippen molar-refractivity contribution in [1.82, 2.24) is 0 Å². The molecule has 0 heterocycles. The molecule has 0 saturated carbocycles. The van der Waals surface area contributed by atoms with Crippen LogP contribution in [-0.4, -0.2) is 25.1 Å². The van der Waals surface area contributed by atoms with E-state index in [1.807, 2.05) is 81.5 Å². The fraction of sp³-hybridized carbons (Fsp3) is 0.348. The normalized spacial score (nSPS) is 18.7. The van der Waals surface area contributed by atoms with E-state index in [2.05, 4.69) is 0 Å². The van der Waals surface area contributed by atoms with Gasteiger partial charge in [0, 0.05) is 11.1 Å². The van der Waals surface area contributed by atoms with Gasteiger partial charge in [-0.2, -0.15) is 0 Å². The molecule has 138 valence electrons. The smallest absolute Gasteiger partial charge is 0.192 e. The topological polar surface area (TPSA) is 35.5 Å². The Morgan fingerprint density at radius 1 is 1.31 bits per heavy atom. The van der Waals surface area contributed by atoms with Gasteiger partial charge in [0.15, 0.2) is 5.78 Å². The lowest BCUT2D eigenvalue weighted by molar-refractivity contribution is 0.0519. The fourth-order valence-electron chi connectivity index (χ4n) is 2.72. The Bertz CT molecular complexity index is 720. The highest BCUT2D eigenvalue weighted by molar-refractivity contribution is 6.10. The van der Waals surface area contributed by atoms with Crippen molar-refractivity contribution in [3.8, 4) is 0 Å². The van der Waals surface area contributed by atoms with Gasteiger partial charge < -0.3 is 9.47 Å². The van der Waals surface area contributed by atoms with Crippen LogP contribution >= 0.6 is 0 Å². The largest absolute Gasteiger partial charge is 0.497 e. The minimum atomic E-state index is -0.0896. The average Bonchev–Trinajstić information content (AvgIpc) is 2.66. The van der Waals surface area contributed by atoms with Crippen molar-refractivity contribution < 1.29 is 14.3 Å². The number of ether oxygens (including phenoxy) is 2. The van der Waals surface area contributed by atoms with Gasteiger partial charge in [0.2, 0.25) is 0 Å². The van der Waals surface area contributed by atoms with E-state index in [9.17, 15) is 4.79 Å². The first-order valence-corrected chi connectivity index (χ1v) is 9.11. The van der Waals surface area contributed by atoms with Gasteiger partial charge in [0.25, 0.3) is 0 Å². The molecular weight excluding hydrogens is 324 g/mol. The third-order valence-electron chi connectivity index (χ3n) is 4.20. The Hall–Kier alpha value is -2.39. The van der Waals surface area contributed by atoms with Crippen LogP contribution < -0.4 is 0 Å². The molecule has 26 heavy (non-hydrogen) atoms. The van der Waals surface area contributed by atoms with Crippen molar-refractivity contribution in [2.24, 2.45) is 0 Å². The average molecular weight is 352 g/mol. The minimum absolute atomic E-state index is 0.0277. The highest BCUT2D eigenvalue weighted by Crippen LogP contribution is 2.17. The molecular formula is C23H28O3. The third-order valence-corrected chi connectivity index (χ3v) is 4.20. The zero-order valence-electron chi connectivity index (χ0n) is 16.1. The molecule has 0 N–H and O–H groups in total. The van der Waals surface area contributed by atoms with Crippen LogP contribution in [0.3, 0.4) is 0 Å². The number of hydrogen-bond donors (Lipinski definition) is 0. The van der Waals surface area contributed by atoms with E-state index in [0.717, 1.165) is 24.2 Å². The summed E-state index contributed by atoms with van der Waals surface area (Å²) in [6, 6.07) is 7.68. The lowest BCUT2D eigenvalue weighted by atomic mass is 10.0. The molecule has 2 unspecified atom stereocenters. The lowest BCUT2D eigenvalue weighted by Gasteiger charge is -2.19. The predicted octanol–water partition coefficient (Wildman–Crippen LogP) is 5.33. The van der Waals surface area contributed by atoms with Gasteiger partial charge in [0.1, 0.15) is 5.76 Å². The zero-order chi connectivity index (χ0) is 18.9. The SMILES string of the molecule is CC/C=C(\C=C/C(C)OC1C=CC(OC)=CC1)C(=O)c1ccc(C)cc1. The van der Waals surface area contributed by atoms with E-state index < -0.39 is 0 Å². The number of rotatable bonds is 8. The Balaban J connectivity index is 1.99. The number of allylic oxidation sites excluding steroid dienone is 4. The Morgan fingerprint density at radius 2 is 2.04 bits per heavy atom. The second kappa shape index (κ2) is 9.93. The quantitative estimate of drug-likeness (QED) is 0.360. The van der Waals surface area contributed by atoms with Crippen molar-refractivity contribution >= 4 is 5.78 Å². The molecule has 1 aromatic rings. The maximum atomic E-state index is 12.7. The van der Waals surface area contributed by atoms with Crippen molar-refractivity contribution in [3.63, 3.8) is 0 Å². The van der Waals surface area contributed by atoms with E-state index in [-0.39, 0.29) is 18.0 Å². The Kier molecular flexibility index (Phi) is 7.61. The first-order valence-electron chi connectivity index (χ1n) is 9.11. The van der Waals surface area contributed by atoms with Crippen LogP contribution in [0.2, 0.25) is 0 Å². The van der Waals surface area contributed by atoms with Crippen LogP contribution in [0.15, 0.2) is 72.1 Å². The summed E-state index contributed by atoms with van der Waals surface area (Å²) in [5.74, 6) is 0.908. The van der Waals surface area contributed by atoms with Crippen LogP contribution in [0.5, 0.6) is 0 Å². The Labute approximate surface area is 156 Å². The second-order valence-corrected chi connectivity index (χ2v) is 6.41. The van der Waals surface area contributed by atoms with Gasteiger partial charge in [-0.3, -0.25) is 4.79 Å². The number of Topliss-reactive ketones (excluding diaryl/α,β-unsaturated/α-hetero) is 1. The van der Waals surface area contributed by atoms with E-state index in [0.29, 0.717) is 11.1 Å². The van der Waals surface area contributed by atoms with Crippen LogP contribution in [0.25, 0.3) is 0 Å². The molecule has 2 atom stereocenters. The first-order chi connectivity index (χ1) is 12.5. The fourth-order valence-corrected chi connectivity index (χ4v) is 2.72. The Morgan fingerprint density at radius 3 is 2.62 bits per heavy atom. The van der Waals surface area contributed by atoms with E-state index >= 15 is 0 Å². The monoisotopic (exact) mass is 352 g/mol. The summed E-state index contributed by atoms with van der Waals surface area (Å²) in [6.07, 6.45) is 13.3. The number of carbonyl (C=O) groups excluding carboxylic acids is 1. The molecule has 2 rings (SSSR count). The summed E-state index contributed by atoms with van der Waals surface area (Å²) in [5.41, 5.74) is 2.56. The van der Waals surface area contributed by atoms with Crippen molar-refractivity contribution in [3.05, 3.63) is 83.2 Å². The van der Waals surface area contributed by atoms with Crippen LogP contribution in [0, 0.1) is 6.92 Å². The number of carbonyl (C=O) groups is 1. The lowest BCUT2D eigenvalue weighted by Crippen LogP contribution is -2.18. The van der Waals surface area contributed by atoms with Crippen molar-refractivity contribution in [1.29, 1.82) is 0 Å². The highest BCUT2D eigenvalue weighted by Gasteiger charge is 2.13. The maximum Gasteiger partial charge on any atom is 0.192 e. The van der Waals surface area contributed by atoms with Gasteiger partial charge >= 0.3 is 0 Å². The molecule has 1 aromatic carbocycles. The summed E-state index contributed by atoms with van der Waals surface area (Å²) < 4.78 is 11.2. The molecule has 0 spiro atoms. The summed E-state index contributed by atoms with van der Waals surface area (Å²) in [6.45, 7) is 6.03. The summed E-state index contributed by atoms with van der Waals surface area (Å²) in [4.78, 5) is 12.7. The molecule has 0 saturated heterocycles. The van der Waals surface area contributed by atoms with E-state index in [1.165, 1.54) is 0 Å². The first kappa shape index (κ1) is 19.9. The number of aryl methyl sites for hydroxylation is 1. The molecule has 0 bridgehead atoms. The molecule has 1 aliphatic carbocycles. The molecule has 3 nitrogen and oxygen atoms in total. The number of ketones is 1. The highest BCUT2D eigenvalue weighted by atomic mass is 16.5. The molecule has 0 fully saturated rings. The summed E-state index contributed by atoms with van der Waals surface area (Å²) in [5, 5.41) is 0. The molecule has 0 radical (unpaired) electrons. The van der Waals surface area contributed by atoms with Gasteiger partial charge in [-0.15, -0.1) is 0 Å². The van der Waals surface area contributed by atoms with Crippen LogP contribution in [-0.2, 0) is 9.47 Å². The van der Waals surface area contributed by atoms with Gasteiger partial charge in [-0.05, 0) is 38.8 Å². The molecule has 0 amide bonds. The van der Waals surface area contributed by atoms with E-state index in [4.69, 9.17) is 9.47 Å².